The number of nitrogens with two attached hydrogens (primary N) is 1. The van der Waals surface area contributed by atoms with Gasteiger partial charge in [0.1, 0.15) is 5.82 Å². The molecule has 0 saturated carbocycles. The number of nitrogens with zero attached hydrogens (tertiary/aromatic N) is 2. The topological polar surface area (TPSA) is 75.9 Å². The lowest BCUT2D eigenvalue weighted by Crippen LogP contribution is -2.31. The zero-order valence-corrected chi connectivity index (χ0v) is 10.1. The fourth-order valence-corrected chi connectivity index (χ4v) is 1.84. The van der Waals surface area contributed by atoms with Crippen LogP contribution in [0.15, 0.2) is 0 Å². The third-order valence-electron chi connectivity index (χ3n) is 2.45. The van der Waals surface area contributed by atoms with E-state index in [9.17, 15) is 0 Å². The molecule has 4 N–H and O–H groups in total. The van der Waals surface area contributed by atoms with Crippen LogP contribution >= 0.6 is 0 Å². The Morgan fingerprint density at radius 1 is 1.31 bits per heavy atom. The van der Waals surface area contributed by atoms with Crippen molar-refractivity contribution in [1.82, 2.24) is 15.3 Å². The summed E-state index contributed by atoms with van der Waals surface area (Å²) in [5.74, 6) is 1.23. The predicted molar refractivity (Wildman–Crippen MR) is 65.2 cm³/mol. The number of aromatic nitrogens is 2. The number of hydrogen-bond donors (Lipinski definition) is 3. The molecule has 1 aliphatic rings. The standard InChI is InChI=1S/C11H19N5/c1-11(2,3)16-9-7-4-5-13-6-8(7)14-10(12)15-9/h13H,4-6H2,1-3H3,(H3,12,14,15,16). The van der Waals surface area contributed by atoms with E-state index in [1.807, 2.05) is 0 Å². The lowest BCUT2D eigenvalue weighted by molar-refractivity contribution is 0.606. The smallest absolute Gasteiger partial charge is 0.222 e. The normalized spacial score (nSPS) is 15.7. The molecule has 1 aliphatic heterocycles. The molecule has 0 bridgehead atoms. The maximum absolute atomic E-state index is 5.71. The Balaban J connectivity index is 2.39. The molecule has 0 saturated heterocycles. The molecule has 1 aromatic heterocycles. The Morgan fingerprint density at radius 3 is 2.75 bits per heavy atom. The number of rotatable bonds is 1. The second-order valence-corrected chi connectivity index (χ2v) is 5.16. The van der Waals surface area contributed by atoms with Gasteiger partial charge in [-0.05, 0) is 33.7 Å². The van der Waals surface area contributed by atoms with Crippen molar-refractivity contribution in [2.75, 3.05) is 17.6 Å². The zero-order valence-electron chi connectivity index (χ0n) is 10.1. The van der Waals surface area contributed by atoms with Crippen LogP contribution in [0, 0.1) is 0 Å². The molecule has 5 heteroatoms. The van der Waals surface area contributed by atoms with Crippen LogP contribution in [0.2, 0.25) is 0 Å². The van der Waals surface area contributed by atoms with Crippen molar-refractivity contribution in [3.05, 3.63) is 11.3 Å². The summed E-state index contributed by atoms with van der Waals surface area (Å²) < 4.78 is 0. The Morgan fingerprint density at radius 2 is 2.06 bits per heavy atom. The molecule has 0 aliphatic carbocycles. The first kappa shape index (κ1) is 11.1. The van der Waals surface area contributed by atoms with Crippen LogP contribution in [0.25, 0.3) is 0 Å². The molecule has 0 spiro atoms. The zero-order chi connectivity index (χ0) is 11.8. The highest BCUT2D eigenvalue weighted by molar-refractivity contribution is 5.51. The molecule has 0 atom stereocenters. The van der Waals surface area contributed by atoms with Gasteiger partial charge in [-0.3, -0.25) is 0 Å². The Labute approximate surface area is 95.9 Å². The summed E-state index contributed by atoms with van der Waals surface area (Å²) in [5.41, 5.74) is 7.91. The summed E-state index contributed by atoms with van der Waals surface area (Å²) in [4.78, 5) is 8.57. The van der Waals surface area contributed by atoms with Gasteiger partial charge >= 0.3 is 0 Å². The first-order valence-electron chi connectivity index (χ1n) is 5.60. The first-order valence-corrected chi connectivity index (χ1v) is 5.60. The van der Waals surface area contributed by atoms with Crippen molar-refractivity contribution in [1.29, 1.82) is 0 Å². The molecule has 0 fully saturated rings. The highest BCUT2D eigenvalue weighted by Crippen LogP contribution is 2.23. The van der Waals surface area contributed by atoms with Crippen LogP contribution in [0.5, 0.6) is 0 Å². The van der Waals surface area contributed by atoms with Crippen LogP contribution in [-0.4, -0.2) is 22.1 Å². The summed E-state index contributed by atoms with van der Waals surface area (Å²) in [5, 5.41) is 6.68. The second-order valence-electron chi connectivity index (χ2n) is 5.16. The molecule has 16 heavy (non-hydrogen) atoms. The van der Waals surface area contributed by atoms with Crippen molar-refractivity contribution in [2.45, 2.75) is 39.3 Å². The Bertz CT molecular complexity index is 394. The van der Waals surface area contributed by atoms with Gasteiger partial charge < -0.3 is 16.4 Å². The highest BCUT2D eigenvalue weighted by Gasteiger charge is 2.19. The molecule has 0 radical (unpaired) electrons. The van der Waals surface area contributed by atoms with Crippen molar-refractivity contribution < 1.29 is 0 Å². The molecule has 5 nitrogen and oxygen atoms in total. The number of anilines is 2. The fraction of sp³-hybridized carbons (Fsp3) is 0.636. The molecule has 2 heterocycles. The number of fused-ring (bicyclic) bond motifs is 1. The highest BCUT2D eigenvalue weighted by atomic mass is 15.1. The maximum Gasteiger partial charge on any atom is 0.222 e. The van der Waals surface area contributed by atoms with Crippen molar-refractivity contribution >= 4 is 11.8 Å². The molecular formula is C11H19N5. The van der Waals surface area contributed by atoms with Crippen LogP contribution in [-0.2, 0) is 13.0 Å². The monoisotopic (exact) mass is 221 g/mol. The van der Waals surface area contributed by atoms with E-state index in [0.717, 1.165) is 31.0 Å². The van der Waals surface area contributed by atoms with Crippen molar-refractivity contribution in [3.8, 4) is 0 Å². The van der Waals surface area contributed by atoms with Gasteiger partial charge in [0, 0.05) is 17.6 Å². The minimum Gasteiger partial charge on any atom is -0.368 e. The van der Waals surface area contributed by atoms with Crippen LogP contribution in [0.3, 0.4) is 0 Å². The summed E-state index contributed by atoms with van der Waals surface area (Å²) >= 11 is 0. The molecule has 0 aromatic carbocycles. The first-order chi connectivity index (χ1) is 7.46. The van der Waals surface area contributed by atoms with Crippen LogP contribution in [0.1, 0.15) is 32.0 Å². The largest absolute Gasteiger partial charge is 0.368 e. The third kappa shape index (κ3) is 2.41. The van der Waals surface area contributed by atoms with E-state index >= 15 is 0 Å². The third-order valence-corrected chi connectivity index (χ3v) is 2.45. The van der Waals surface area contributed by atoms with E-state index in [-0.39, 0.29) is 5.54 Å². The second kappa shape index (κ2) is 3.90. The average Bonchev–Trinajstić information content (AvgIpc) is 2.14. The predicted octanol–water partition coefficient (Wildman–Crippen LogP) is 0.915. The van der Waals surface area contributed by atoms with E-state index in [2.05, 4.69) is 41.4 Å². The van der Waals surface area contributed by atoms with E-state index in [1.54, 1.807) is 0 Å². The van der Waals surface area contributed by atoms with Gasteiger partial charge in [0.05, 0.1) is 5.69 Å². The molecular weight excluding hydrogens is 202 g/mol. The minimum absolute atomic E-state index is 0.0144. The lowest BCUT2D eigenvalue weighted by atomic mass is 10.0. The van der Waals surface area contributed by atoms with E-state index in [0.29, 0.717) is 5.95 Å². The number of nitrogens with one attached hydrogen (secondary N) is 2. The number of hydrogen-bond acceptors (Lipinski definition) is 5. The van der Waals surface area contributed by atoms with Gasteiger partial charge in [0.2, 0.25) is 5.95 Å². The van der Waals surface area contributed by atoms with Crippen molar-refractivity contribution in [2.24, 2.45) is 0 Å². The average molecular weight is 221 g/mol. The van der Waals surface area contributed by atoms with Crippen LogP contribution < -0.4 is 16.4 Å². The minimum atomic E-state index is -0.0144. The van der Waals surface area contributed by atoms with Gasteiger partial charge in [-0.1, -0.05) is 0 Å². The molecule has 1 aromatic rings. The summed E-state index contributed by atoms with van der Waals surface area (Å²) in [6, 6.07) is 0. The van der Waals surface area contributed by atoms with Gasteiger partial charge in [-0.2, -0.15) is 4.98 Å². The summed E-state index contributed by atoms with van der Waals surface area (Å²) in [7, 11) is 0. The summed E-state index contributed by atoms with van der Waals surface area (Å²) in [6.07, 6.45) is 0.952. The molecule has 0 amide bonds. The van der Waals surface area contributed by atoms with Gasteiger partial charge in [-0.15, -0.1) is 0 Å². The van der Waals surface area contributed by atoms with E-state index in [4.69, 9.17) is 5.73 Å². The van der Waals surface area contributed by atoms with E-state index < -0.39 is 0 Å². The maximum atomic E-state index is 5.71. The Kier molecular flexibility index (Phi) is 2.71. The number of nitrogen functional groups attached to an aromatic ring is 1. The molecule has 0 unspecified atom stereocenters. The molecule has 2 rings (SSSR count). The quantitative estimate of drug-likeness (QED) is 0.657. The Hall–Kier alpha value is -1.36. The van der Waals surface area contributed by atoms with Crippen LogP contribution in [0.4, 0.5) is 11.8 Å². The van der Waals surface area contributed by atoms with Gasteiger partial charge in [-0.25, -0.2) is 4.98 Å². The SMILES string of the molecule is CC(C)(C)Nc1nc(N)nc2c1CCNC2. The molecule has 88 valence electrons. The summed E-state index contributed by atoms with van der Waals surface area (Å²) in [6.45, 7) is 8.08. The van der Waals surface area contributed by atoms with E-state index in [1.165, 1.54) is 5.56 Å². The van der Waals surface area contributed by atoms with Gasteiger partial charge in [0.25, 0.3) is 0 Å². The fourth-order valence-electron chi connectivity index (χ4n) is 1.84. The van der Waals surface area contributed by atoms with Crippen molar-refractivity contribution in [3.63, 3.8) is 0 Å². The van der Waals surface area contributed by atoms with Gasteiger partial charge in [0.15, 0.2) is 0 Å². The lowest BCUT2D eigenvalue weighted by Gasteiger charge is -2.26.